The van der Waals surface area contributed by atoms with Crippen molar-refractivity contribution in [3.05, 3.63) is 58.6 Å². The summed E-state index contributed by atoms with van der Waals surface area (Å²) in [5.41, 5.74) is 1.11. The van der Waals surface area contributed by atoms with Gasteiger partial charge in [-0.3, -0.25) is 14.7 Å². The van der Waals surface area contributed by atoms with Crippen molar-refractivity contribution in [1.29, 1.82) is 0 Å². The molecule has 1 aliphatic rings. The van der Waals surface area contributed by atoms with E-state index in [0.29, 0.717) is 0 Å². The Kier molecular flexibility index (Phi) is 5.56. The maximum absolute atomic E-state index is 12.0. The normalized spacial score (nSPS) is 16.7. The molecule has 1 saturated heterocycles. The van der Waals surface area contributed by atoms with Crippen molar-refractivity contribution in [3.63, 3.8) is 0 Å². The van der Waals surface area contributed by atoms with Crippen molar-refractivity contribution in [2.45, 2.75) is 25.4 Å². The summed E-state index contributed by atoms with van der Waals surface area (Å²) in [4.78, 5) is 19.8. The van der Waals surface area contributed by atoms with Gasteiger partial charge < -0.3 is 5.32 Å². The van der Waals surface area contributed by atoms with Gasteiger partial charge in [-0.2, -0.15) is 0 Å². The number of hydrogen-bond donors (Lipinski definition) is 1. The molecule has 1 aliphatic heterocycles. The Morgan fingerprint density at radius 3 is 2.87 bits per heavy atom. The number of carbonyl (C=O) groups excluding carboxylic acids is 1. The number of thiophene rings is 1. The monoisotopic (exact) mass is 327 g/mol. The van der Waals surface area contributed by atoms with Crippen LogP contribution in [-0.4, -0.2) is 34.9 Å². The van der Waals surface area contributed by atoms with Gasteiger partial charge in [-0.25, -0.2) is 0 Å². The molecule has 0 aliphatic carbocycles. The number of pyridine rings is 1. The molecule has 5 heteroatoms. The second-order valence-corrected chi connectivity index (χ2v) is 6.71. The summed E-state index contributed by atoms with van der Waals surface area (Å²) in [6, 6.07) is 10.3. The third-order valence-corrected chi connectivity index (χ3v) is 4.83. The Morgan fingerprint density at radius 1 is 1.30 bits per heavy atom. The van der Waals surface area contributed by atoms with Crippen LogP contribution in [0.5, 0.6) is 0 Å². The van der Waals surface area contributed by atoms with Crippen LogP contribution in [0.4, 0.5) is 0 Å². The number of nitrogens with one attached hydrogen (secondary N) is 1. The molecule has 3 heterocycles. The third-order valence-electron chi connectivity index (χ3n) is 3.99. The number of nitrogens with zero attached hydrogens (tertiary/aromatic N) is 2. The number of carbonyl (C=O) groups is 1. The van der Waals surface area contributed by atoms with Gasteiger partial charge in [-0.15, -0.1) is 11.3 Å². The quantitative estimate of drug-likeness (QED) is 0.859. The number of aromatic nitrogens is 1. The van der Waals surface area contributed by atoms with Crippen LogP contribution in [-0.2, 0) is 11.3 Å². The lowest BCUT2D eigenvalue weighted by atomic mass is 10.0. The molecule has 1 N–H and O–H groups in total. The summed E-state index contributed by atoms with van der Waals surface area (Å²) >= 11 is 1.63. The molecular weight excluding hydrogens is 306 g/mol. The molecule has 1 fully saturated rings. The zero-order valence-electron chi connectivity index (χ0n) is 13.0. The highest BCUT2D eigenvalue weighted by molar-refractivity contribution is 7.10. The van der Waals surface area contributed by atoms with Gasteiger partial charge in [0.15, 0.2) is 0 Å². The molecule has 2 aromatic heterocycles. The summed E-state index contributed by atoms with van der Waals surface area (Å²) in [7, 11) is 0. The lowest BCUT2D eigenvalue weighted by molar-refractivity contribution is -0.117. The summed E-state index contributed by atoms with van der Waals surface area (Å²) in [6.07, 6.45) is 7.32. The maximum Gasteiger partial charge on any atom is 0.244 e. The highest BCUT2D eigenvalue weighted by Gasteiger charge is 2.20. The lowest BCUT2D eigenvalue weighted by Crippen LogP contribution is -2.43. The smallest absolute Gasteiger partial charge is 0.244 e. The topological polar surface area (TPSA) is 45.2 Å². The van der Waals surface area contributed by atoms with E-state index in [1.165, 1.54) is 0 Å². The largest absolute Gasteiger partial charge is 0.350 e. The molecule has 120 valence electrons. The molecule has 0 aromatic carbocycles. The van der Waals surface area contributed by atoms with Crippen LogP contribution in [0.1, 0.15) is 23.4 Å². The van der Waals surface area contributed by atoms with Crippen LogP contribution in [0, 0.1) is 0 Å². The van der Waals surface area contributed by atoms with Gasteiger partial charge in [-0.05, 0) is 42.5 Å². The SMILES string of the molecule is O=C(/C=C\c1cccs1)NC1CCN(Cc2ccccn2)CC1. The van der Waals surface area contributed by atoms with E-state index < -0.39 is 0 Å². The second kappa shape index (κ2) is 8.04. The summed E-state index contributed by atoms with van der Waals surface area (Å²) in [6.45, 7) is 2.88. The first-order valence-corrected chi connectivity index (χ1v) is 8.82. The molecule has 2 aromatic rings. The Labute approximate surface area is 140 Å². The van der Waals surface area contributed by atoms with Crippen molar-refractivity contribution in [2.75, 3.05) is 13.1 Å². The molecule has 1 amide bonds. The van der Waals surface area contributed by atoms with Crippen LogP contribution in [0.3, 0.4) is 0 Å². The first-order valence-electron chi connectivity index (χ1n) is 7.94. The van der Waals surface area contributed by atoms with E-state index in [-0.39, 0.29) is 11.9 Å². The number of likely N-dealkylation sites (tertiary alicyclic amines) is 1. The van der Waals surface area contributed by atoms with Gasteiger partial charge in [0.2, 0.25) is 5.91 Å². The van der Waals surface area contributed by atoms with Crippen LogP contribution in [0.15, 0.2) is 48.0 Å². The molecule has 0 unspecified atom stereocenters. The van der Waals surface area contributed by atoms with Crippen LogP contribution >= 0.6 is 11.3 Å². The predicted octanol–water partition coefficient (Wildman–Crippen LogP) is 2.94. The predicted molar refractivity (Wildman–Crippen MR) is 94.0 cm³/mol. The third kappa shape index (κ3) is 5.01. The zero-order valence-corrected chi connectivity index (χ0v) is 13.8. The average Bonchev–Trinajstić information content (AvgIpc) is 3.09. The van der Waals surface area contributed by atoms with E-state index in [4.69, 9.17) is 0 Å². The Hall–Kier alpha value is -1.98. The minimum absolute atomic E-state index is 0.00146. The molecule has 0 radical (unpaired) electrons. The number of hydrogen-bond acceptors (Lipinski definition) is 4. The first kappa shape index (κ1) is 15.9. The highest BCUT2D eigenvalue weighted by atomic mass is 32.1. The van der Waals surface area contributed by atoms with E-state index in [1.807, 2.05) is 41.9 Å². The van der Waals surface area contributed by atoms with Crippen LogP contribution < -0.4 is 5.32 Å². The number of piperidine rings is 1. The number of rotatable bonds is 5. The Morgan fingerprint density at radius 2 is 2.17 bits per heavy atom. The standard InChI is InChI=1S/C18H21N3OS/c22-18(7-6-17-5-3-13-23-17)20-15-8-11-21(12-9-15)14-16-4-1-2-10-19-16/h1-7,10,13,15H,8-9,11-12,14H2,(H,20,22)/b7-6-. The molecule has 23 heavy (non-hydrogen) atoms. The van der Waals surface area contributed by atoms with Gasteiger partial charge in [0.1, 0.15) is 0 Å². The van der Waals surface area contributed by atoms with Gasteiger partial charge in [-0.1, -0.05) is 12.1 Å². The van der Waals surface area contributed by atoms with Crippen molar-refractivity contribution >= 4 is 23.3 Å². The van der Waals surface area contributed by atoms with E-state index in [1.54, 1.807) is 17.4 Å². The molecule has 3 rings (SSSR count). The van der Waals surface area contributed by atoms with Gasteiger partial charge in [0.05, 0.1) is 5.69 Å². The second-order valence-electron chi connectivity index (χ2n) is 5.73. The van der Waals surface area contributed by atoms with E-state index in [0.717, 1.165) is 43.0 Å². The molecule has 0 saturated carbocycles. The Bertz CT molecular complexity index is 632. The molecule has 4 nitrogen and oxygen atoms in total. The fraction of sp³-hybridized carbons (Fsp3) is 0.333. The first-order chi connectivity index (χ1) is 11.3. The van der Waals surface area contributed by atoms with Crippen molar-refractivity contribution in [3.8, 4) is 0 Å². The van der Waals surface area contributed by atoms with Crippen LogP contribution in [0.2, 0.25) is 0 Å². The highest BCUT2D eigenvalue weighted by Crippen LogP contribution is 2.13. The van der Waals surface area contributed by atoms with E-state index >= 15 is 0 Å². The fourth-order valence-corrected chi connectivity index (χ4v) is 3.37. The number of amides is 1. The fourth-order valence-electron chi connectivity index (χ4n) is 2.75. The average molecular weight is 327 g/mol. The lowest BCUT2D eigenvalue weighted by Gasteiger charge is -2.31. The summed E-state index contributed by atoms with van der Waals surface area (Å²) < 4.78 is 0. The van der Waals surface area contributed by atoms with Crippen molar-refractivity contribution in [2.24, 2.45) is 0 Å². The van der Waals surface area contributed by atoms with Crippen molar-refractivity contribution in [1.82, 2.24) is 15.2 Å². The molecule has 0 spiro atoms. The van der Waals surface area contributed by atoms with Gasteiger partial charge >= 0.3 is 0 Å². The minimum Gasteiger partial charge on any atom is -0.350 e. The Balaban J connectivity index is 1.41. The van der Waals surface area contributed by atoms with E-state index in [2.05, 4.69) is 21.3 Å². The summed E-state index contributed by atoms with van der Waals surface area (Å²) in [5.74, 6) is 0.00146. The van der Waals surface area contributed by atoms with Crippen LogP contribution in [0.25, 0.3) is 6.08 Å². The van der Waals surface area contributed by atoms with Gasteiger partial charge in [0.25, 0.3) is 0 Å². The molecule has 0 atom stereocenters. The van der Waals surface area contributed by atoms with Gasteiger partial charge in [0, 0.05) is 42.8 Å². The van der Waals surface area contributed by atoms with Crippen molar-refractivity contribution < 1.29 is 4.79 Å². The zero-order chi connectivity index (χ0) is 15.9. The van der Waals surface area contributed by atoms with E-state index in [9.17, 15) is 4.79 Å². The molecule has 0 bridgehead atoms. The summed E-state index contributed by atoms with van der Waals surface area (Å²) in [5, 5.41) is 5.11. The molecular formula is C18H21N3OS. The maximum atomic E-state index is 12.0. The minimum atomic E-state index is 0.00146.